The van der Waals surface area contributed by atoms with E-state index in [1.807, 2.05) is 0 Å². The van der Waals surface area contributed by atoms with Gasteiger partial charge >= 0.3 is 0 Å². The fourth-order valence-electron chi connectivity index (χ4n) is 2.78. The van der Waals surface area contributed by atoms with Gasteiger partial charge in [0, 0.05) is 6.04 Å². The maximum absolute atomic E-state index is 3.70. The summed E-state index contributed by atoms with van der Waals surface area (Å²) in [5, 5.41) is 3.70. The lowest BCUT2D eigenvalue weighted by atomic mass is 9.93. The first-order chi connectivity index (χ1) is 6.40. The van der Waals surface area contributed by atoms with Crippen molar-refractivity contribution in [1.82, 2.24) is 5.32 Å². The van der Waals surface area contributed by atoms with Crippen molar-refractivity contribution in [3.63, 3.8) is 0 Å². The molecule has 0 amide bonds. The Labute approximate surface area is 82.3 Å². The van der Waals surface area contributed by atoms with Gasteiger partial charge in [0.1, 0.15) is 0 Å². The lowest BCUT2D eigenvalue weighted by Crippen LogP contribution is -2.35. The molecule has 2 rings (SSSR count). The second-order valence-electron chi connectivity index (χ2n) is 4.89. The summed E-state index contributed by atoms with van der Waals surface area (Å²) in [4.78, 5) is 0. The molecule has 0 aliphatic heterocycles. The summed E-state index contributed by atoms with van der Waals surface area (Å²) in [7, 11) is 0. The average Bonchev–Trinajstić information content (AvgIpc) is 2.80. The maximum Gasteiger partial charge on any atom is 0.00978 e. The van der Waals surface area contributed by atoms with Gasteiger partial charge in [-0.1, -0.05) is 32.6 Å². The van der Waals surface area contributed by atoms with Gasteiger partial charge in [0.2, 0.25) is 0 Å². The molecule has 0 aromatic rings. The van der Waals surface area contributed by atoms with Crippen molar-refractivity contribution >= 4 is 0 Å². The third kappa shape index (κ3) is 2.70. The molecule has 0 saturated heterocycles. The predicted molar refractivity (Wildman–Crippen MR) is 56.8 cm³/mol. The van der Waals surface area contributed by atoms with E-state index in [9.17, 15) is 0 Å². The Morgan fingerprint density at radius 1 is 1.15 bits per heavy atom. The Bertz CT molecular complexity index is 145. The number of nitrogens with one attached hydrogen (secondary N) is 1. The summed E-state index contributed by atoms with van der Waals surface area (Å²) in [5.74, 6) is 2.10. The Hall–Kier alpha value is -0.0400. The Balaban J connectivity index is 1.79. The molecule has 1 atom stereocenters. The highest BCUT2D eigenvalue weighted by atomic mass is 14.9. The van der Waals surface area contributed by atoms with Crippen LogP contribution in [0.25, 0.3) is 0 Å². The van der Waals surface area contributed by atoms with Crippen LogP contribution in [0.3, 0.4) is 0 Å². The zero-order valence-corrected chi connectivity index (χ0v) is 8.89. The van der Waals surface area contributed by atoms with E-state index in [0.29, 0.717) is 0 Å². The molecule has 0 aromatic heterocycles. The Morgan fingerprint density at radius 2 is 1.85 bits per heavy atom. The van der Waals surface area contributed by atoms with Crippen molar-refractivity contribution in [2.75, 3.05) is 6.54 Å². The molecule has 2 aliphatic carbocycles. The molecule has 0 aromatic carbocycles. The van der Waals surface area contributed by atoms with Crippen LogP contribution in [-0.4, -0.2) is 12.6 Å². The van der Waals surface area contributed by atoms with Gasteiger partial charge < -0.3 is 5.32 Å². The highest BCUT2D eigenvalue weighted by Gasteiger charge is 2.30. The van der Waals surface area contributed by atoms with Crippen LogP contribution in [-0.2, 0) is 0 Å². The monoisotopic (exact) mass is 181 g/mol. The highest BCUT2D eigenvalue weighted by Crippen LogP contribution is 2.38. The third-order valence-corrected chi connectivity index (χ3v) is 3.72. The van der Waals surface area contributed by atoms with Gasteiger partial charge in [0.15, 0.2) is 0 Å². The van der Waals surface area contributed by atoms with Gasteiger partial charge in [-0.2, -0.15) is 0 Å². The first-order valence-electron chi connectivity index (χ1n) is 6.13. The molecule has 1 nitrogen and oxygen atoms in total. The van der Waals surface area contributed by atoms with E-state index in [2.05, 4.69) is 12.2 Å². The summed E-state index contributed by atoms with van der Waals surface area (Å²) in [6, 6.07) is 0.861. The van der Waals surface area contributed by atoms with E-state index < -0.39 is 0 Å². The molecule has 1 unspecified atom stereocenters. The van der Waals surface area contributed by atoms with Crippen molar-refractivity contribution in [3.05, 3.63) is 0 Å². The fraction of sp³-hybridized carbons (Fsp3) is 1.00. The molecule has 2 aliphatic rings. The van der Waals surface area contributed by atoms with Crippen LogP contribution in [0.15, 0.2) is 0 Å². The summed E-state index contributed by atoms with van der Waals surface area (Å²) in [6.45, 7) is 3.41. The van der Waals surface area contributed by atoms with Gasteiger partial charge in [-0.05, 0) is 37.6 Å². The van der Waals surface area contributed by atoms with E-state index in [0.717, 1.165) is 24.4 Å². The lowest BCUT2D eigenvalue weighted by Gasteiger charge is -2.24. The van der Waals surface area contributed by atoms with Gasteiger partial charge in [0.05, 0.1) is 0 Å². The zero-order chi connectivity index (χ0) is 9.10. The van der Waals surface area contributed by atoms with Crippen LogP contribution in [0.5, 0.6) is 0 Å². The molecule has 13 heavy (non-hydrogen) atoms. The molecular weight excluding hydrogens is 158 g/mol. The van der Waals surface area contributed by atoms with Crippen molar-refractivity contribution in [2.24, 2.45) is 11.8 Å². The first-order valence-corrected chi connectivity index (χ1v) is 6.13. The van der Waals surface area contributed by atoms with Crippen LogP contribution in [0, 0.1) is 11.8 Å². The van der Waals surface area contributed by atoms with Crippen LogP contribution < -0.4 is 5.32 Å². The fourth-order valence-corrected chi connectivity index (χ4v) is 2.78. The Morgan fingerprint density at radius 3 is 2.38 bits per heavy atom. The summed E-state index contributed by atoms with van der Waals surface area (Å²) in [6.07, 6.45) is 10.4. The largest absolute Gasteiger partial charge is 0.314 e. The zero-order valence-electron chi connectivity index (χ0n) is 8.89. The highest BCUT2D eigenvalue weighted by molar-refractivity contribution is 4.86. The van der Waals surface area contributed by atoms with Gasteiger partial charge in [-0.3, -0.25) is 0 Å². The SMILES string of the molecule is CCNC(CC1CC1)C1CCCC1. The van der Waals surface area contributed by atoms with E-state index in [4.69, 9.17) is 0 Å². The summed E-state index contributed by atoms with van der Waals surface area (Å²) >= 11 is 0. The predicted octanol–water partition coefficient (Wildman–Crippen LogP) is 2.95. The molecule has 2 saturated carbocycles. The quantitative estimate of drug-likeness (QED) is 0.687. The van der Waals surface area contributed by atoms with Crippen molar-refractivity contribution in [3.8, 4) is 0 Å². The number of rotatable bonds is 5. The third-order valence-electron chi connectivity index (χ3n) is 3.72. The van der Waals surface area contributed by atoms with E-state index in [1.165, 1.54) is 44.9 Å². The number of hydrogen-bond acceptors (Lipinski definition) is 1. The summed E-state index contributed by atoms with van der Waals surface area (Å²) < 4.78 is 0. The van der Waals surface area contributed by atoms with Crippen LogP contribution in [0.1, 0.15) is 51.9 Å². The van der Waals surface area contributed by atoms with Crippen molar-refractivity contribution < 1.29 is 0 Å². The van der Waals surface area contributed by atoms with E-state index >= 15 is 0 Å². The minimum atomic E-state index is 0.861. The molecule has 0 spiro atoms. The lowest BCUT2D eigenvalue weighted by molar-refractivity contribution is 0.333. The van der Waals surface area contributed by atoms with Crippen molar-refractivity contribution in [1.29, 1.82) is 0 Å². The second-order valence-corrected chi connectivity index (χ2v) is 4.89. The molecule has 0 bridgehead atoms. The van der Waals surface area contributed by atoms with Crippen molar-refractivity contribution in [2.45, 2.75) is 57.9 Å². The molecule has 76 valence electrons. The molecule has 1 heteroatoms. The van der Waals surface area contributed by atoms with Crippen LogP contribution in [0.2, 0.25) is 0 Å². The second kappa shape index (κ2) is 4.45. The molecule has 1 N–H and O–H groups in total. The van der Waals surface area contributed by atoms with E-state index in [1.54, 1.807) is 0 Å². The first kappa shape index (κ1) is 9.51. The standard InChI is InChI=1S/C12H23N/c1-2-13-12(9-10-7-8-10)11-5-3-4-6-11/h10-13H,2-9H2,1H3. The maximum atomic E-state index is 3.70. The smallest absolute Gasteiger partial charge is 0.00978 e. The van der Waals surface area contributed by atoms with Crippen LogP contribution >= 0.6 is 0 Å². The van der Waals surface area contributed by atoms with Gasteiger partial charge in [-0.25, -0.2) is 0 Å². The minimum Gasteiger partial charge on any atom is -0.314 e. The minimum absolute atomic E-state index is 0.861. The molecule has 0 heterocycles. The van der Waals surface area contributed by atoms with Crippen LogP contribution in [0.4, 0.5) is 0 Å². The normalized spacial score (nSPS) is 26.5. The molecular formula is C12H23N. The topological polar surface area (TPSA) is 12.0 Å². The Kier molecular flexibility index (Phi) is 3.26. The molecule has 0 radical (unpaired) electrons. The van der Waals surface area contributed by atoms with Gasteiger partial charge in [0.25, 0.3) is 0 Å². The van der Waals surface area contributed by atoms with E-state index in [-0.39, 0.29) is 0 Å². The molecule has 2 fully saturated rings. The van der Waals surface area contributed by atoms with Gasteiger partial charge in [-0.15, -0.1) is 0 Å². The summed E-state index contributed by atoms with van der Waals surface area (Å²) in [5.41, 5.74) is 0. The number of hydrogen-bond donors (Lipinski definition) is 1. The average molecular weight is 181 g/mol.